The Morgan fingerprint density at radius 2 is 1.77 bits per heavy atom. The Morgan fingerprint density at radius 1 is 1.13 bits per heavy atom. The SMILES string of the molecule is CC(C)(C)CC(C)(C)c1ccc(OCC(=O)N/N=C\c2ccc(S(=O)(=O)[O-])o2)cc1. The molecule has 0 aliphatic rings. The van der Waals surface area contributed by atoms with E-state index in [1.54, 1.807) is 0 Å². The summed E-state index contributed by atoms with van der Waals surface area (Å²) in [5.74, 6) is 0.0616. The lowest BCUT2D eigenvalue weighted by atomic mass is 9.72. The van der Waals surface area contributed by atoms with Gasteiger partial charge in [-0.1, -0.05) is 46.8 Å². The third-order valence-electron chi connectivity index (χ3n) is 4.21. The summed E-state index contributed by atoms with van der Waals surface area (Å²) in [6.45, 7) is 10.8. The van der Waals surface area contributed by atoms with Gasteiger partial charge in [0.05, 0.1) is 6.21 Å². The molecule has 0 saturated carbocycles. The molecule has 0 unspecified atom stereocenters. The van der Waals surface area contributed by atoms with E-state index in [9.17, 15) is 17.8 Å². The van der Waals surface area contributed by atoms with E-state index < -0.39 is 21.1 Å². The van der Waals surface area contributed by atoms with Gasteiger partial charge in [0.2, 0.25) is 5.09 Å². The minimum absolute atomic E-state index is 0.0131. The second-order valence-corrected chi connectivity index (χ2v) is 10.1. The summed E-state index contributed by atoms with van der Waals surface area (Å²) in [4.78, 5) is 11.8. The molecule has 8 nitrogen and oxygen atoms in total. The molecule has 1 aromatic heterocycles. The molecule has 0 bridgehead atoms. The van der Waals surface area contributed by atoms with Crippen molar-refractivity contribution in [3.05, 3.63) is 47.7 Å². The molecule has 1 aromatic carbocycles. The van der Waals surface area contributed by atoms with Crippen LogP contribution in [0.25, 0.3) is 0 Å². The van der Waals surface area contributed by atoms with Crippen molar-refractivity contribution in [2.75, 3.05) is 6.61 Å². The van der Waals surface area contributed by atoms with Crippen LogP contribution in [0.5, 0.6) is 5.75 Å². The fourth-order valence-corrected chi connectivity index (χ4v) is 3.75. The van der Waals surface area contributed by atoms with Crippen molar-refractivity contribution in [3.63, 3.8) is 0 Å². The summed E-state index contributed by atoms with van der Waals surface area (Å²) < 4.78 is 42.7. The topological polar surface area (TPSA) is 121 Å². The molecule has 30 heavy (non-hydrogen) atoms. The number of carbonyl (C=O) groups excluding carboxylic acids is 1. The van der Waals surface area contributed by atoms with E-state index >= 15 is 0 Å². The quantitative estimate of drug-likeness (QED) is 0.385. The molecule has 1 N–H and O–H groups in total. The second-order valence-electron chi connectivity index (χ2n) is 8.84. The molecule has 0 radical (unpaired) electrons. The van der Waals surface area contributed by atoms with E-state index in [2.05, 4.69) is 45.1 Å². The molecular weight excluding hydrogens is 408 g/mol. The number of hydrazone groups is 1. The zero-order valence-electron chi connectivity index (χ0n) is 17.8. The van der Waals surface area contributed by atoms with Gasteiger partial charge in [0.25, 0.3) is 5.91 Å². The number of amides is 1. The lowest BCUT2D eigenvalue weighted by Gasteiger charge is -2.33. The predicted molar refractivity (Wildman–Crippen MR) is 111 cm³/mol. The Morgan fingerprint density at radius 3 is 2.30 bits per heavy atom. The number of carbonyl (C=O) groups is 1. The first-order valence-corrected chi connectivity index (χ1v) is 10.8. The van der Waals surface area contributed by atoms with Crippen LogP contribution < -0.4 is 10.2 Å². The van der Waals surface area contributed by atoms with Crippen LogP contribution >= 0.6 is 0 Å². The van der Waals surface area contributed by atoms with Crippen LogP contribution in [0.4, 0.5) is 0 Å². The van der Waals surface area contributed by atoms with Crippen LogP contribution in [-0.4, -0.2) is 31.7 Å². The highest BCUT2D eigenvalue weighted by Crippen LogP contribution is 2.36. The van der Waals surface area contributed by atoms with Crippen LogP contribution in [-0.2, 0) is 20.3 Å². The molecule has 1 amide bonds. The summed E-state index contributed by atoms with van der Waals surface area (Å²) in [5, 5.41) is 2.92. The maximum absolute atomic E-state index is 11.8. The first kappa shape index (κ1) is 23.6. The number of hydrogen-bond donors (Lipinski definition) is 1. The highest BCUT2D eigenvalue weighted by Gasteiger charge is 2.27. The molecule has 9 heteroatoms. The average Bonchev–Trinajstić information content (AvgIpc) is 3.07. The zero-order valence-corrected chi connectivity index (χ0v) is 18.6. The molecule has 0 saturated heterocycles. The van der Waals surface area contributed by atoms with Gasteiger partial charge in [-0.05, 0) is 47.1 Å². The normalized spacial score (nSPS) is 12.9. The fourth-order valence-electron chi connectivity index (χ4n) is 3.32. The standard InChI is InChI=1S/C21H28N2O6S/c1-20(2,3)14-21(4,5)15-6-8-16(9-7-15)28-13-18(24)23-22-12-17-10-11-19(29-17)30(25,26)27/h6-12H,13-14H2,1-5H3,(H,23,24)(H,25,26,27)/p-1/b22-12-. The van der Waals surface area contributed by atoms with Gasteiger partial charge in [0, 0.05) is 0 Å². The summed E-state index contributed by atoms with van der Waals surface area (Å²) in [7, 11) is -4.67. The largest absolute Gasteiger partial charge is 0.742 e. The summed E-state index contributed by atoms with van der Waals surface area (Å²) in [5.41, 5.74) is 3.64. The monoisotopic (exact) mass is 435 g/mol. The number of hydrogen-bond acceptors (Lipinski definition) is 7. The smallest absolute Gasteiger partial charge is 0.277 e. The third-order valence-corrected chi connectivity index (χ3v) is 4.92. The Balaban J connectivity index is 1.85. The maximum Gasteiger partial charge on any atom is 0.277 e. The van der Waals surface area contributed by atoms with E-state index in [0.717, 1.165) is 18.7 Å². The minimum Gasteiger partial charge on any atom is -0.742 e. The molecule has 0 aliphatic carbocycles. The number of rotatable bonds is 8. The van der Waals surface area contributed by atoms with Crippen LogP contribution in [0.2, 0.25) is 0 Å². The Bertz CT molecular complexity index is 999. The van der Waals surface area contributed by atoms with Crippen molar-refractivity contribution < 1.29 is 26.9 Å². The van der Waals surface area contributed by atoms with Crippen LogP contribution in [0.15, 0.2) is 51.0 Å². The molecular formula is C21H27N2O6S-. The fraction of sp³-hybridized carbons (Fsp3) is 0.429. The van der Waals surface area contributed by atoms with E-state index in [1.807, 2.05) is 24.3 Å². The molecule has 164 valence electrons. The van der Waals surface area contributed by atoms with Gasteiger partial charge in [0.1, 0.15) is 11.5 Å². The third kappa shape index (κ3) is 7.31. The average molecular weight is 436 g/mol. The lowest BCUT2D eigenvalue weighted by molar-refractivity contribution is -0.123. The Labute approximate surface area is 177 Å². The number of ether oxygens (including phenoxy) is 1. The molecule has 2 aromatic rings. The number of benzene rings is 1. The van der Waals surface area contributed by atoms with E-state index in [0.29, 0.717) is 5.75 Å². The molecule has 0 atom stereocenters. The van der Waals surface area contributed by atoms with Crippen molar-refractivity contribution in [2.45, 2.75) is 51.5 Å². The summed E-state index contributed by atoms with van der Waals surface area (Å²) >= 11 is 0. The van der Waals surface area contributed by atoms with Gasteiger partial charge in [-0.15, -0.1) is 0 Å². The van der Waals surface area contributed by atoms with Crippen molar-refractivity contribution >= 4 is 22.2 Å². The highest BCUT2D eigenvalue weighted by molar-refractivity contribution is 7.85. The first-order valence-electron chi connectivity index (χ1n) is 9.37. The highest BCUT2D eigenvalue weighted by atomic mass is 32.2. The zero-order chi connectivity index (χ0) is 22.6. The molecule has 0 fully saturated rings. The van der Waals surface area contributed by atoms with Gasteiger partial charge < -0.3 is 13.7 Å². The van der Waals surface area contributed by atoms with Gasteiger partial charge >= 0.3 is 0 Å². The van der Waals surface area contributed by atoms with Crippen molar-refractivity contribution in [1.29, 1.82) is 0 Å². The van der Waals surface area contributed by atoms with E-state index in [1.165, 1.54) is 11.6 Å². The molecule has 0 aliphatic heterocycles. The molecule has 1 heterocycles. The van der Waals surface area contributed by atoms with Gasteiger partial charge in [-0.3, -0.25) is 4.79 Å². The molecule has 2 rings (SSSR count). The van der Waals surface area contributed by atoms with Gasteiger partial charge in [0.15, 0.2) is 16.7 Å². The van der Waals surface area contributed by atoms with Crippen molar-refractivity contribution in [2.24, 2.45) is 10.5 Å². The van der Waals surface area contributed by atoms with Crippen LogP contribution in [0.3, 0.4) is 0 Å². The Kier molecular flexibility index (Phi) is 7.10. The van der Waals surface area contributed by atoms with Crippen LogP contribution in [0, 0.1) is 5.41 Å². The second kappa shape index (κ2) is 9.01. The maximum atomic E-state index is 11.8. The number of nitrogens with zero attached hydrogens (tertiary/aromatic N) is 1. The van der Waals surface area contributed by atoms with E-state index in [-0.39, 0.29) is 23.2 Å². The number of furan rings is 1. The van der Waals surface area contributed by atoms with Crippen molar-refractivity contribution in [1.82, 2.24) is 5.43 Å². The minimum atomic E-state index is -4.67. The van der Waals surface area contributed by atoms with Gasteiger partial charge in [-0.25, -0.2) is 13.8 Å². The lowest BCUT2D eigenvalue weighted by Crippen LogP contribution is -2.25. The Hall–Kier alpha value is -2.65. The van der Waals surface area contributed by atoms with Crippen molar-refractivity contribution in [3.8, 4) is 5.75 Å². The predicted octanol–water partition coefficient (Wildman–Crippen LogP) is 3.43. The first-order chi connectivity index (χ1) is 13.8. The van der Waals surface area contributed by atoms with Gasteiger partial charge in [-0.2, -0.15) is 5.10 Å². The molecule has 0 spiro atoms. The summed E-state index contributed by atoms with van der Waals surface area (Å²) in [6.07, 6.45) is 2.11. The van der Waals surface area contributed by atoms with Crippen LogP contribution in [0.1, 0.15) is 52.4 Å². The number of nitrogens with one attached hydrogen (secondary N) is 1. The summed E-state index contributed by atoms with van der Waals surface area (Å²) in [6, 6.07) is 9.90. The van der Waals surface area contributed by atoms with E-state index in [4.69, 9.17) is 9.15 Å².